The minimum atomic E-state index is -0.889. The second kappa shape index (κ2) is 6.95. The molecule has 2 aliphatic rings. The molecule has 24 heavy (non-hydrogen) atoms. The van der Waals surface area contributed by atoms with Crippen LogP contribution in [0.3, 0.4) is 0 Å². The van der Waals surface area contributed by atoms with Crippen LogP contribution in [0.4, 0.5) is 0 Å². The van der Waals surface area contributed by atoms with Crippen LogP contribution in [0.25, 0.3) is 0 Å². The summed E-state index contributed by atoms with van der Waals surface area (Å²) in [4.78, 5) is 22.6. The second-order valence-electron chi connectivity index (χ2n) is 6.88. The summed E-state index contributed by atoms with van der Waals surface area (Å²) in [6.45, 7) is 9.93. The molecule has 2 aliphatic heterocycles. The van der Waals surface area contributed by atoms with Gasteiger partial charge >= 0.3 is 11.9 Å². The van der Waals surface area contributed by atoms with E-state index < -0.39 is 41.8 Å². The van der Waals surface area contributed by atoms with Crippen molar-refractivity contribution >= 4 is 11.9 Å². The highest BCUT2D eigenvalue weighted by atomic mass is 16.8. The van der Waals surface area contributed by atoms with Crippen LogP contribution < -0.4 is 0 Å². The van der Waals surface area contributed by atoms with Crippen LogP contribution in [-0.4, -0.2) is 61.1 Å². The van der Waals surface area contributed by atoms with E-state index in [1.165, 1.54) is 13.8 Å². The lowest BCUT2D eigenvalue weighted by Gasteiger charge is -2.28. The SMILES string of the molecule is CC(=O)OC[C@@H](OC(C)=O)[C@H]1OC(C)(C)O[C@H]1[C@@H]1COC(C)(C)O1. The van der Waals surface area contributed by atoms with E-state index in [0.29, 0.717) is 6.61 Å². The molecule has 0 aromatic carbocycles. The van der Waals surface area contributed by atoms with Crippen LogP contribution in [-0.2, 0) is 38.0 Å². The molecular weight excluding hydrogens is 320 g/mol. The van der Waals surface area contributed by atoms with Crippen LogP contribution in [0.5, 0.6) is 0 Å². The Labute approximate surface area is 141 Å². The van der Waals surface area contributed by atoms with Crippen molar-refractivity contribution in [3.8, 4) is 0 Å². The average Bonchev–Trinajstić information content (AvgIpc) is 2.93. The maximum Gasteiger partial charge on any atom is 0.303 e. The third-order valence-electron chi connectivity index (χ3n) is 3.70. The fraction of sp³-hybridized carbons (Fsp3) is 0.875. The maximum atomic E-state index is 11.4. The zero-order valence-corrected chi connectivity index (χ0v) is 15.0. The van der Waals surface area contributed by atoms with Crippen molar-refractivity contribution in [1.82, 2.24) is 0 Å². The van der Waals surface area contributed by atoms with Crippen molar-refractivity contribution in [2.45, 2.75) is 77.5 Å². The molecule has 2 saturated heterocycles. The normalized spacial score (nSPS) is 32.3. The predicted molar refractivity (Wildman–Crippen MR) is 80.9 cm³/mol. The summed E-state index contributed by atoms with van der Waals surface area (Å²) in [5, 5.41) is 0. The maximum absolute atomic E-state index is 11.4. The summed E-state index contributed by atoms with van der Waals surface area (Å²) in [6, 6.07) is 0. The molecular formula is C16H26O8. The molecule has 4 atom stereocenters. The van der Waals surface area contributed by atoms with Gasteiger partial charge in [0, 0.05) is 13.8 Å². The number of carbonyl (C=O) groups excluding carboxylic acids is 2. The molecule has 0 unspecified atom stereocenters. The van der Waals surface area contributed by atoms with Crippen LogP contribution in [0.1, 0.15) is 41.5 Å². The molecule has 0 aromatic heterocycles. The lowest BCUT2D eigenvalue weighted by molar-refractivity contribution is -0.179. The van der Waals surface area contributed by atoms with E-state index in [1.54, 1.807) is 13.8 Å². The fourth-order valence-corrected chi connectivity index (χ4v) is 2.88. The van der Waals surface area contributed by atoms with Gasteiger partial charge in [-0.25, -0.2) is 0 Å². The number of ether oxygens (including phenoxy) is 6. The molecule has 0 saturated carbocycles. The van der Waals surface area contributed by atoms with Gasteiger partial charge in [0.15, 0.2) is 17.7 Å². The van der Waals surface area contributed by atoms with Gasteiger partial charge in [0.05, 0.1) is 6.61 Å². The largest absolute Gasteiger partial charge is 0.462 e. The van der Waals surface area contributed by atoms with E-state index in [0.717, 1.165) is 0 Å². The van der Waals surface area contributed by atoms with Crippen molar-refractivity contribution in [1.29, 1.82) is 0 Å². The number of rotatable bonds is 5. The van der Waals surface area contributed by atoms with Crippen molar-refractivity contribution in [2.75, 3.05) is 13.2 Å². The Bertz CT molecular complexity index is 486. The first-order chi connectivity index (χ1) is 11.0. The van der Waals surface area contributed by atoms with Crippen molar-refractivity contribution in [3.05, 3.63) is 0 Å². The second-order valence-corrected chi connectivity index (χ2v) is 6.88. The summed E-state index contributed by atoms with van der Waals surface area (Å²) in [6.07, 6.45) is -2.36. The highest BCUT2D eigenvalue weighted by molar-refractivity contribution is 5.67. The van der Waals surface area contributed by atoms with Gasteiger partial charge in [-0.05, 0) is 27.7 Å². The van der Waals surface area contributed by atoms with E-state index in [-0.39, 0.29) is 12.7 Å². The summed E-state index contributed by atoms with van der Waals surface area (Å²) < 4.78 is 33.6. The van der Waals surface area contributed by atoms with Crippen molar-refractivity contribution < 1.29 is 38.0 Å². The molecule has 2 fully saturated rings. The first kappa shape index (κ1) is 19.1. The van der Waals surface area contributed by atoms with Crippen LogP contribution in [0, 0.1) is 0 Å². The number of esters is 2. The molecule has 0 amide bonds. The number of carbonyl (C=O) groups is 2. The molecule has 138 valence electrons. The van der Waals surface area contributed by atoms with Gasteiger partial charge in [0.1, 0.15) is 24.9 Å². The van der Waals surface area contributed by atoms with Crippen LogP contribution in [0.15, 0.2) is 0 Å². The first-order valence-corrected chi connectivity index (χ1v) is 7.97. The van der Waals surface area contributed by atoms with Gasteiger partial charge in [-0.2, -0.15) is 0 Å². The Morgan fingerprint density at radius 1 is 1.04 bits per heavy atom. The van der Waals surface area contributed by atoms with Crippen molar-refractivity contribution in [3.63, 3.8) is 0 Å². The first-order valence-electron chi connectivity index (χ1n) is 7.97. The topological polar surface area (TPSA) is 89.5 Å². The third kappa shape index (κ3) is 4.89. The van der Waals surface area contributed by atoms with E-state index in [1.807, 2.05) is 13.8 Å². The van der Waals surface area contributed by atoms with Crippen LogP contribution >= 0.6 is 0 Å². The summed E-state index contributed by atoms with van der Waals surface area (Å²) in [5.74, 6) is -2.58. The number of hydrogen-bond donors (Lipinski definition) is 0. The number of hydrogen-bond acceptors (Lipinski definition) is 8. The lowest BCUT2D eigenvalue weighted by atomic mass is 10.0. The Balaban J connectivity index is 2.17. The molecule has 8 nitrogen and oxygen atoms in total. The molecule has 0 radical (unpaired) electrons. The van der Waals surface area contributed by atoms with Gasteiger partial charge in [0.2, 0.25) is 0 Å². The van der Waals surface area contributed by atoms with Gasteiger partial charge in [-0.1, -0.05) is 0 Å². The smallest absolute Gasteiger partial charge is 0.303 e. The fourth-order valence-electron chi connectivity index (χ4n) is 2.88. The van der Waals surface area contributed by atoms with Crippen molar-refractivity contribution in [2.24, 2.45) is 0 Å². The summed E-state index contributed by atoms with van der Waals surface area (Å²) in [5.41, 5.74) is 0. The highest BCUT2D eigenvalue weighted by Crippen LogP contribution is 2.37. The Morgan fingerprint density at radius 2 is 1.71 bits per heavy atom. The Kier molecular flexibility index (Phi) is 5.54. The minimum Gasteiger partial charge on any atom is -0.462 e. The molecule has 0 aliphatic carbocycles. The lowest BCUT2D eigenvalue weighted by Crippen LogP contribution is -2.47. The van der Waals surface area contributed by atoms with Crippen LogP contribution in [0.2, 0.25) is 0 Å². The van der Waals surface area contributed by atoms with Gasteiger partial charge in [0.25, 0.3) is 0 Å². The summed E-state index contributed by atoms with van der Waals surface area (Å²) in [7, 11) is 0. The molecule has 0 aromatic rings. The molecule has 0 N–H and O–H groups in total. The van der Waals surface area contributed by atoms with E-state index in [2.05, 4.69) is 0 Å². The molecule has 8 heteroatoms. The quantitative estimate of drug-likeness (QED) is 0.685. The molecule has 0 spiro atoms. The summed E-state index contributed by atoms with van der Waals surface area (Å²) >= 11 is 0. The Morgan fingerprint density at radius 3 is 2.21 bits per heavy atom. The van der Waals surface area contributed by atoms with Gasteiger partial charge in [-0.15, -0.1) is 0 Å². The average molecular weight is 346 g/mol. The zero-order chi connectivity index (χ0) is 18.1. The molecule has 0 bridgehead atoms. The zero-order valence-electron chi connectivity index (χ0n) is 15.0. The van der Waals surface area contributed by atoms with E-state index in [9.17, 15) is 9.59 Å². The Hall–Kier alpha value is -1.22. The molecule has 2 heterocycles. The van der Waals surface area contributed by atoms with E-state index >= 15 is 0 Å². The standard InChI is InChI=1S/C16H26O8/c1-9(17)19-7-11(21-10(2)18)13-14(24-16(5,6)23-13)12-8-20-15(3,4)22-12/h11-14H,7-8H2,1-6H3/t11-,12+,13-,14+/m1/s1. The predicted octanol–water partition coefficient (Wildman–Crippen LogP) is 1.15. The van der Waals surface area contributed by atoms with Gasteiger partial charge in [-0.3, -0.25) is 9.59 Å². The molecule has 2 rings (SSSR count). The minimum absolute atomic E-state index is 0.119. The monoisotopic (exact) mass is 346 g/mol. The van der Waals surface area contributed by atoms with Gasteiger partial charge < -0.3 is 28.4 Å². The third-order valence-corrected chi connectivity index (χ3v) is 3.70. The van der Waals surface area contributed by atoms with E-state index in [4.69, 9.17) is 28.4 Å². The highest BCUT2D eigenvalue weighted by Gasteiger charge is 2.53.